The SMILES string of the molecule is CC(C)(C)c1ccc2c(c1)-n1c(nn(C(CO)CO)c1=O)C(C)(C)O2. The van der Waals surface area contributed by atoms with E-state index in [1.165, 1.54) is 4.57 Å². The van der Waals surface area contributed by atoms with Crippen molar-refractivity contribution in [3.05, 3.63) is 40.1 Å². The van der Waals surface area contributed by atoms with Crippen LogP contribution in [0.25, 0.3) is 5.69 Å². The van der Waals surface area contributed by atoms with Gasteiger partial charge in [-0.1, -0.05) is 26.8 Å². The molecule has 1 aliphatic rings. The van der Waals surface area contributed by atoms with Crippen LogP contribution in [0.15, 0.2) is 23.0 Å². The van der Waals surface area contributed by atoms with E-state index in [4.69, 9.17) is 4.74 Å². The summed E-state index contributed by atoms with van der Waals surface area (Å²) in [4.78, 5) is 13.0. The number of rotatable bonds is 3. The highest BCUT2D eigenvalue weighted by atomic mass is 16.5. The largest absolute Gasteiger partial charge is 0.478 e. The number of benzene rings is 1. The van der Waals surface area contributed by atoms with E-state index in [0.717, 1.165) is 10.2 Å². The molecule has 2 aromatic rings. The fraction of sp³-hybridized carbons (Fsp3) is 0.556. The Bertz CT molecular complexity index is 854. The number of aliphatic hydroxyl groups is 2. The summed E-state index contributed by atoms with van der Waals surface area (Å²) in [5.74, 6) is 1.06. The van der Waals surface area contributed by atoms with Crippen molar-refractivity contribution in [2.45, 2.75) is 51.7 Å². The zero-order chi connectivity index (χ0) is 18.6. The van der Waals surface area contributed by atoms with Gasteiger partial charge in [-0.2, -0.15) is 0 Å². The van der Waals surface area contributed by atoms with Gasteiger partial charge in [0.2, 0.25) is 0 Å². The Morgan fingerprint density at radius 1 is 1.24 bits per heavy atom. The Labute approximate surface area is 146 Å². The molecule has 0 atom stereocenters. The molecule has 136 valence electrons. The summed E-state index contributed by atoms with van der Waals surface area (Å²) < 4.78 is 8.73. The molecule has 0 aliphatic carbocycles. The van der Waals surface area contributed by atoms with E-state index in [0.29, 0.717) is 17.3 Å². The molecule has 0 fully saturated rings. The normalized spacial score (nSPS) is 15.7. The third-order valence-electron chi connectivity index (χ3n) is 4.54. The van der Waals surface area contributed by atoms with E-state index < -0.39 is 17.3 Å². The molecular weight excluding hydrogens is 322 g/mol. The van der Waals surface area contributed by atoms with Gasteiger partial charge in [0.1, 0.15) is 11.8 Å². The zero-order valence-corrected chi connectivity index (χ0v) is 15.3. The Morgan fingerprint density at radius 3 is 2.44 bits per heavy atom. The molecule has 1 aromatic heterocycles. The summed E-state index contributed by atoms with van der Waals surface area (Å²) in [6, 6.07) is 5.03. The number of aromatic nitrogens is 3. The average molecular weight is 347 g/mol. The molecule has 3 rings (SSSR count). The summed E-state index contributed by atoms with van der Waals surface area (Å²) in [6.45, 7) is 9.23. The van der Waals surface area contributed by atoms with Crippen molar-refractivity contribution in [1.82, 2.24) is 14.3 Å². The standard InChI is InChI=1S/C18H25N3O4/c1-17(2,3)11-6-7-14-13(8-11)20-15(18(4,5)25-14)19-21(16(20)24)12(9-22)10-23/h6-8,12,22-23H,9-10H2,1-5H3. The van der Waals surface area contributed by atoms with Crippen LogP contribution in [-0.4, -0.2) is 37.8 Å². The van der Waals surface area contributed by atoms with Gasteiger partial charge in [0.05, 0.1) is 18.9 Å². The maximum absolute atomic E-state index is 13.0. The maximum Gasteiger partial charge on any atom is 0.351 e. The van der Waals surface area contributed by atoms with Crippen molar-refractivity contribution in [2.24, 2.45) is 0 Å². The van der Waals surface area contributed by atoms with Crippen LogP contribution in [0.1, 0.15) is 52.0 Å². The third kappa shape index (κ3) is 2.77. The molecule has 0 radical (unpaired) electrons. The number of hydrogen-bond acceptors (Lipinski definition) is 5. The van der Waals surface area contributed by atoms with Crippen LogP contribution in [0.4, 0.5) is 0 Å². The smallest absolute Gasteiger partial charge is 0.351 e. The van der Waals surface area contributed by atoms with Crippen molar-refractivity contribution in [3.63, 3.8) is 0 Å². The first-order valence-corrected chi connectivity index (χ1v) is 8.38. The molecule has 0 saturated carbocycles. The van der Waals surface area contributed by atoms with Crippen LogP contribution < -0.4 is 10.4 Å². The lowest BCUT2D eigenvalue weighted by atomic mass is 9.86. The van der Waals surface area contributed by atoms with Gasteiger partial charge in [-0.05, 0) is 37.0 Å². The van der Waals surface area contributed by atoms with Gasteiger partial charge in [0, 0.05) is 0 Å². The molecule has 7 nitrogen and oxygen atoms in total. The van der Waals surface area contributed by atoms with Gasteiger partial charge in [0.15, 0.2) is 11.4 Å². The highest BCUT2D eigenvalue weighted by Gasteiger charge is 2.38. The van der Waals surface area contributed by atoms with Crippen molar-refractivity contribution in [2.75, 3.05) is 13.2 Å². The molecule has 7 heteroatoms. The van der Waals surface area contributed by atoms with Crippen LogP contribution in [0.3, 0.4) is 0 Å². The Hall–Kier alpha value is -2.12. The number of aliphatic hydroxyl groups excluding tert-OH is 2. The summed E-state index contributed by atoms with van der Waals surface area (Å²) in [5.41, 5.74) is 0.414. The zero-order valence-electron chi connectivity index (χ0n) is 15.3. The van der Waals surface area contributed by atoms with Crippen molar-refractivity contribution in [3.8, 4) is 11.4 Å². The third-order valence-corrected chi connectivity index (χ3v) is 4.54. The highest BCUT2D eigenvalue weighted by Crippen LogP contribution is 2.39. The Balaban J connectivity index is 2.29. The van der Waals surface area contributed by atoms with Gasteiger partial charge < -0.3 is 14.9 Å². The molecule has 1 aliphatic heterocycles. The molecule has 2 N–H and O–H groups in total. The second kappa shape index (κ2) is 5.71. The highest BCUT2D eigenvalue weighted by molar-refractivity contribution is 5.53. The summed E-state index contributed by atoms with van der Waals surface area (Å²) >= 11 is 0. The monoisotopic (exact) mass is 347 g/mol. The minimum Gasteiger partial charge on any atom is -0.478 e. The molecule has 0 spiro atoms. The number of hydrogen-bond donors (Lipinski definition) is 2. The quantitative estimate of drug-likeness (QED) is 0.878. The van der Waals surface area contributed by atoms with Crippen molar-refractivity contribution >= 4 is 0 Å². The predicted octanol–water partition coefficient (Wildman–Crippen LogP) is 1.48. The van der Waals surface area contributed by atoms with E-state index >= 15 is 0 Å². The minimum atomic E-state index is -0.809. The molecule has 0 unspecified atom stereocenters. The number of fused-ring (bicyclic) bond motifs is 3. The van der Waals surface area contributed by atoms with Gasteiger partial charge >= 0.3 is 5.69 Å². The second-order valence-electron chi connectivity index (χ2n) is 7.95. The molecule has 0 bridgehead atoms. The summed E-state index contributed by atoms with van der Waals surface area (Å²) in [5, 5.41) is 23.2. The number of ether oxygens (including phenoxy) is 1. The van der Waals surface area contributed by atoms with E-state index in [2.05, 4.69) is 25.9 Å². The lowest BCUT2D eigenvalue weighted by Crippen LogP contribution is -2.37. The maximum atomic E-state index is 13.0. The van der Waals surface area contributed by atoms with Crippen molar-refractivity contribution in [1.29, 1.82) is 0 Å². The first-order valence-electron chi connectivity index (χ1n) is 8.38. The summed E-state index contributed by atoms with van der Waals surface area (Å²) in [7, 11) is 0. The first-order chi connectivity index (χ1) is 11.6. The molecule has 1 aromatic carbocycles. The van der Waals surface area contributed by atoms with Crippen LogP contribution >= 0.6 is 0 Å². The number of nitrogens with zero attached hydrogens (tertiary/aromatic N) is 3. The van der Waals surface area contributed by atoms with Crippen LogP contribution in [0, 0.1) is 0 Å². The van der Waals surface area contributed by atoms with Crippen LogP contribution in [-0.2, 0) is 11.0 Å². The minimum absolute atomic E-state index is 0.0828. The first kappa shape index (κ1) is 17.7. The topological polar surface area (TPSA) is 89.5 Å². The molecule has 2 heterocycles. The van der Waals surface area contributed by atoms with Gasteiger partial charge in [-0.25, -0.2) is 14.0 Å². The van der Waals surface area contributed by atoms with E-state index in [1.54, 1.807) is 0 Å². The second-order valence-corrected chi connectivity index (χ2v) is 7.95. The van der Waals surface area contributed by atoms with Crippen molar-refractivity contribution < 1.29 is 14.9 Å². The van der Waals surface area contributed by atoms with Gasteiger partial charge in [-0.3, -0.25) is 0 Å². The van der Waals surface area contributed by atoms with E-state index in [9.17, 15) is 15.0 Å². The average Bonchev–Trinajstić information content (AvgIpc) is 2.86. The lowest BCUT2D eigenvalue weighted by molar-refractivity contribution is 0.0848. The van der Waals surface area contributed by atoms with Crippen LogP contribution in [0.2, 0.25) is 0 Å². The van der Waals surface area contributed by atoms with E-state index in [-0.39, 0.29) is 18.6 Å². The summed E-state index contributed by atoms with van der Waals surface area (Å²) in [6.07, 6.45) is 0. The van der Waals surface area contributed by atoms with Crippen LogP contribution in [0.5, 0.6) is 5.75 Å². The fourth-order valence-electron chi connectivity index (χ4n) is 3.01. The van der Waals surface area contributed by atoms with Gasteiger partial charge in [-0.15, -0.1) is 5.10 Å². The fourth-order valence-corrected chi connectivity index (χ4v) is 3.01. The predicted molar refractivity (Wildman–Crippen MR) is 93.4 cm³/mol. The Kier molecular flexibility index (Phi) is 4.04. The molecule has 0 amide bonds. The Morgan fingerprint density at radius 2 is 1.88 bits per heavy atom. The lowest BCUT2D eigenvalue weighted by Gasteiger charge is -2.32. The van der Waals surface area contributed by atoms with Gasteiger partial charge in [0.25, 0.3) is 0 Å². The van der Waals surface area contributed by atoms with E-state index in [1.807, 2.05) is 32.0 Å². The molecule has 0 saturated heterocycles. The molecular formula is C18H25N3O4. The molecule has 25 heavy (non-hydrogen) atoms.